The minimum atomic E-state index is -0.353. The zero-order chi connectivity index (χ0) is 11.3. The number of esters is 1. The second-order valence-corrected chi connectivity index (χ2v) is 4.39. The fourth-order valence-electron chi connectivity index (χ4n) is 0.827. The molecule has 0 unspecified atom stereocenters. The number of rotatable bonds is 5. The van der Waals surface area contributed by atoms with Gasteiger partial charge in [-0.15, -0.1) is 5.10 Å². The van der Waals surface area contributed by atoms with Crippen LogP contribution in [-0.4, -0.2) is 39.0 Å². The molecule has 84 valence electrons. The van der Waals surface area contributed by atoms with Gasteiger partial charge < -0.3 is 4.74 Å². The topological polar surface area (TPSA) is 69.9 Å². The first kappa shape index (κ1) is 12.0. The minimum Gasteiger partial charge on any atom is -0.468 e. The quantitative estimate of drug-likeness (QED) is 0.545. The number of carbonyl (C=O) groups excluding carboxylic acids is 1. The monoisotopic (exact) mass is 230 g/mol. The molecule has 0 N–H and O–H groups in total. The molecule has 0 aliphatic rings. The van der Waals surface area contributed by atoms with Crippen LogP contribution in [0.25, 0.3) is 0 Å². The average molecular weight is 230 g/mol. The molecule has 0 atom stereocenters. The van der Waals surface area contributed by atoms with Crippen LogP contribution in [0.3, 0.4) is 0 Å². The summed E-state index contributed by atoms with van der Waals surface area (Å²) >= 11 is 1.53. The number of ether oxygens (including phenoxy) is 1. The Balaban J connectivity index is 2.57. The van der Waals surface area contributed by atoms with Crippen molar-refractivity contribution >= 4 is 17.7 Å². The zero-order valence-corrected chi connectivity index (χ0v) is 9.82. The van der Waals surface area contributed by atoms with Crippen LogP contribution < -0.4 is 0 Å². The van der Waals surface area contributed by atoms with Gasteiger partial charge in [-0.25, -0.2) is 4.68 Å². The van der Waals surface area contributed by atoms with Gasteiger partial charge in [0.15, 0.2) is 0 Å². The summed E-state index contributed by atoms with van der Waals surface area (Å²) in [6.45, 7) is 4.28. The van der Waals surface area contributed by atoms with Crippen LogP contribution in [0.1, 0.15) is 13.8 Å². The lowest BCUT2D eigenvalue weighted by Crippen LogP contribution is -2.14. The van der Waals surface area contributed by atoms with Crippen molar-refractivity contribution in [1.82, 2.24) is 20.2 Å². The number of nitrogens with zero attached hydrogens (tertiary/aromatic N) is 4. The summed E-state index contributed by atoms with van der Waals surface area (Å²) in [5.41, 5.74) is 0. The van der Waals surface area contributed by atoms with Gasteiger partial charge in [-0.05, 0) is 16.3 Å². The Morgan fingerprint density at radius 1 is 1.60 bits per heavy atom. The Morgan fingerprint density at radius 3 is 2.93 bits per heavy atom. The fourth-order valence-corrected chi connectivity index (χ4v) is 1.65. The number of tetrazole rings is 1. The average Bonchev–Trinajstić information content (AvgIpc) is 2.62. The summed E-state index contributed by atoms with van der Waals surface area (Å²) in [4.78, 5) is 11.0. The highest BCUT2D eigenvalue weighted by molar-refractivity contribution is 7.99. The summed E-state index contributed by atoms with van der Waals surface area (Å²) in [7, 11) is 1.34. The van der Waals surface area contributed by atoms with Crippen LogP contribution in [0.5, 0.6) is 0 Å². The predicted octanol–water partition coefficient (Wildman–Crippen LogP) is 0.594. The third-order valence-corrected chi connectivity index (χ3v) is 2.94. The van der Waals surface area contributed by atoms with E-state index < -0.39 is 0 Å². The van der Waals surface area contributed by atoms with Gasteiger partial charge in [0.2, 0.25) is 5.16 Å². The van der Waals surface area contributed by atoms with Crippen LogP contribution >= 0.6 is 11.8 Å². The number of aromatic nitrogens is 4. The number of hydrogen-bond donors (Lipinski definition) is 0. The lowest BCUT2D eigenvalue weighted by Gasteiger charge is -2.04. The summed E-state index contributed by atoms with van der Waals surface area (Å²) in [6.07, 6.45) is 0. The van der Waals surface area contributed by atoms with E-state index in [2.05, 4.69) is 34.1 Å². The van der Waals surface area contributed by atoms with Gasteiger partial charge in [0.25, 0.3) is 0 Å². The molecule has 0 fully saturated rings. The van der Waals surface area contributed by atoms with Crippen molar-refractivity contribution in [1.29, 1.82) is 0 Å². The molecule has 7 heteroatoms. The summed E-state index contributed by atoms with van der Waals surface area (Å²) in [6, 6.07) is 0. The Hall–Kier alpha value is -1.11. The predicted molar refractivity (Wildman–Crippen MR) is 55.4 cm³/mol. The molecule has 0 saturated heterocycles. The van der Waals surface area contributed by atoms with Crippen molar-refractivity contribution < 1.29 is 9.53 Å². The van der Waals surface area contributed by atoms with Crippen LogP contribution in [0.2, 0.25) is 0 Å². The second kappa shape index (κ2) is 5.69. The van der Waals surface area contributed by atoms with Crippen molar-refractivity contribution in [2.75, 3.05) is 12.9 Å². The summed E-state index contributed by atoms with van der Waals surface area (Å²) in [5, 5.41) is 11.7. The molecular weight excluding hydrogens is 216 g/mol. The van der Waals surface area contributed by atoms with Gasteiger partial charge in [0.05, 0.1) is 7.11 Å². The van der Waals surface area contributed by atoms with E-state index in [4.69, 9.17) is 0 Å². The highest BCUT2D eigenvalue weighted by Gasteiger charge is 2.11. The lowest BCUT2D eigenvalue weighted by atomic mass is 10.3. The number of thioether (sulfide) groups is 1. The van der Waals surface area contributed by atoms with E-state index >= 15 is 0 Å². The summed E-state index contributed by atoms with van der Waals surface area (Å²) in [5.74, 6) is 1.12. The van der Waals surface area contributed by atoms with Gasteiger partial charge >= 0.3 is 5.97 Å². The van der Waals surface area contributed by atoms with E-state index in [0.29, 0.717) is 11.1 Å². The van der Waals surface area contributed by atoms with Crippen LogP contribution in [0, 0.1) is 5.92 Å². The van der Waals surface area contributed by atoms with Gasteiger partial charge in [-0.3, -0.25) is 4.79 Å². The van der Waals surface area contributed by atoms with Crippen molar-refractivity contribution in [2.45, 2.75) is 25.5 Å². The van der Waals surface area contributed by atoms with Gasteiger partial charge in [-0.2, -0.15) is 0 Å². The first-order chi connectivity index (χ1) is 7.13. The smallest absolute Gasteiger partial charge is 0.327 e. The maximum atomic E-state index is 11.0. The Labute approximate surface area is 92.4 Å². The molecule has 6 nitrogen and oxygen atoms in total. The summed E-state index contributed by atoms with van der Waals surface area (Å²) < 4.78 is 5.98. The van der Waals surface area contributed by atoms with E-state index in [1.165, 1.54) is 23.6 Å². The van der Waals surface area contributed by atoms with Crippen molar-refractivity contribution in [3.63, 3.8) is 0 Å². The van der Waals surface area contributed by atoms with Crippen LogP contribution in [0.15, 0.2) is 5.16 Å². The highest BCUT2D eigenvalue weighted by atomic mass is 32.2. The highest BCUT2D eigenvalue weighted by Crippen LogP contribution is 2.16. The Bertz CT molecular complexity index is 326. The maximum absolute atomic E-state index is 11.0. The molecule has 0 radical (unpaired) electrons. The van der Waals surface area contributed by atoms with Crippen molar-refractivity contribution in [3.05, 3.63) is 0 Å². The number of carbonyl (C=O) groups is 1. The zero-order valence-electron chi connectivity index (χ0n) is 9.01. The third kappa shape index (κ3) is 3.86. The Kier molecular flexibility index (Phi) is 4.54. The molecule has 1 aromatic rings. The van der Waals surface area contributed by atoms with Crippen molar-refractivity contribution in [2.24, 2.45) is 5.92 Å². The Morgan fingerprint density at radius 2 is 2.33 bits per heavy atom. The molecule has 0 bridgehead atoms. The fraction of sp³-hybridized carbons (Fsp3) is 0.750. The van der Waals surface area contributed by atoms with Gasteiger partial charge in [0, 0.05) is 5.75 Å². The normalized spacial score (nSPS) is 10.7. The molecule has 0 saturated carbocycles. The number of methoxy groups -OCH3 is 1. The number of hydrogen-bond acceptors (Lipinski definition) is 6. The maximum Gasteiger partial charge on any atom is 0.327 e. The molecule has 0 aliphatic heterocycles. The van der Waals surface area contributed by atoms with E-state index in [9.17, 15) is 4.79 Å². The third-order valence-electron chi connectivity index (χ3n) is 1.55. The lowest BCUT2D eigenvalue weighted by molar-refractivity contribution is -0.141. The largest absolute Gasteiger partial charge is 0.468 e. The first-order valence-corrected chi connectivity index (χ1v) is 5.57. The van der Waals surface area contributed by atoms with Crippen LogP contribution in [0.4, 0.5) is 0 Å². The molecule has 0 amide bonds. The van der Waals surface area contributed by atoms with Crippen LogP contribution in [-0.2, 0) is 16.1 Å². The SMILES string of the molecule is COC(=O)Cn1nnnc1SCC(C)C. The molecule has 0 aliphatic carbocycles. The molecular formula is C8H14N4O2S. The molecule has 1 heterocycles. The van der Waals surface area contributed by atoms with Gasteiger partial charge in [-0.1, -0.05) is 25.6 Å². The van der Waals surface area contributed by atoms with E-state index in [-0.39, 0.29) is 12.5 Å². The molecule has 0 aromatic carbocycles. The first-order valence-electron chi connectivity index (χ1n) is 4.59. The van der Waals surface area contributed by atoms with Crippen molar-refractivity contribution in [3.8, 4) is 0 Å². The van der Waals surface area contributed by atoms with E-state index in [1.54, 1.807) is 0 Å². The molecule has 1 aromatic heterocycles. The van der Waals surface area contributed by atoms with Gasteiger partial charge in [0.1, 0.15) is 6.54 Å². The van der Waals surface area contributed by atoms with E-state index in [0.717, 1.165) is 5.75 Å². The molecule has 1 rings (SSSR count). The standard InChI is InChI=1S/C8H14N4O2S/c1-6(2)5-15-8-9-10-11-12(8)4-7(13)14-3/h6H,4-5H2,1-3H3. The second-order valence-electron chi connectivity index (χ2n) is 3.40. The molecule has 15 heavy (non-hydrogen) atoms. The van der Waals surface area contributed by atoms with E-state index in [1.807, 2.05) is 0 Å². The minimum absolute atomic E-state index is 0.0595. The molecule has 0 spiro atoms.